The highest BCUT2D eigenvalue weighted by molar-refractivity contribution is 7.18. The lowest BCUT2D eigenvalue weighted by Crippen LogP contribution is -2.00. The summed E-state index contributed by atoms with van der Waals surface area (Å²) in [5, 5.41) is 0.663. The minimum Gasteiger partial charge on any atom is -0.480 e. The first-order chi connectivity index (χ1) is 10.2. The van der Waals surface area contributed by atoms with E-state index in [4.69, 9.17) is 16.3 Å². The van der Waals surface area contributed by atoms with Crippen LogP contribution in [0.2, 0.25) is 0 Å². The van der Waals surface area contributed by atoms with Crippen molar-refractivity contribution in [2.45, 2.75) is 12.5 Å². The number of hydrogen-bond acceptors (Lipinski definition) is 3. The van der Waals surface area contributed by atoms with Crippen molar-refractivity contribution in [1.82, 2.24) is 4.98 Å². The summed E-state index contributed by atoms with van der Waals surface area (Å²) in [5.41, 5.74) is 1.22. The van der Waals surface area contributed by atoms with E-state index in [1.807, 2.05) is 24.3 Å². The molecule has 0 saturated carbocycles. The van der Waals surface area contributed by atoms with Gasteiger partial charge in [0.1, 0.15) is 11.6 Å². The van der Waals surface area contributed by atoms with Crippen molar-refractivity contribution in [2.24, 2.45) is 0 Å². The van der Waals surface area contributed by atoms with Crippen molar-refractivity contribution in [3.63, 3.8) is 0 Å². The Bertz CT molecular complexity index is 734. The molecule has 0 aliphatic heterocycles. The first-order valence-electron chi connectivity index (χ1n) is 6.18. The topological polar surface area (TPSA) is 22.1 Å². The van der Waals surface area contributed by atoms with Crippen LogP contribution in [0.1, 0.15) is 10.6 Å². The number of benzene rings is 2. The van der Waals surface area contributed by atoms with Gasteiger partial charge >= 0.3 is 0 Å². The first-order valence-corrected chi connectivity index (χ1v) is 7.53. The number of nitrogens with zero attached hydrogens (tertiary/aromatic N) is 1. The fourth-order valence-corrected chi connectivity index (χ4v) is 2.98. The Morgan fingerprint density at radius 3 is 2.52 bits per heavy atom. The van der Waals surface area contributed by atoms with E-state index in [1.165, 1.54) is 23.5 Å². The Kier molecular flexibility index (Phi) is 4.03. The molecule has 2 nitrogen and oxygen atoms in total. The van der Waals surface area contributed by atoms with Crippen LogP contribution in [0.15, 0.2) is 36.4 Å². The maximum atomic E-state index is 13.8. The van der Waals surface area contributed by atoms with Gasteiger partial charge in [-0.2, -0.15) is 0 Å². The van der Waals surface area contributed by atoms with Gasteiger partial charge in [0.15, 0.2) is 17.4 Å². The number of thiazole rings is 1. The van der Waals surface area contributed by atoms with E-state index in [0.29, 0.717) is 10.6 Å². The molecular weight excluding hydrogens is 316 g/mol. The molecular formula is C15H10ClF2NOS. The molecule has 3 rings (SSSR count). The van der Waals surface area contributed by atoms with Crippen LogP contribution in [0, 0.1) is 11.6 Å². The number of ether oxygens (including phenoxy) is 1. The van der Waals surface area contributed by atoms with Gasteiger partial charge in [-0.3, -0.25) is 0 Å². The fraction of sp³-hybridized carbons (Fsp3) is 0.133. The average molecular weight is 326 g/mol. The molecule has 0 N–H and O–H groups in total. The summed E-state index contributed by atoms with van der Waals surface area (Å²) in [6.07, 6.45) is 0. The van der Waals surface area contributed by atoms with Crippen molar-refractivity contribution < 1.29 is 13.5 Å². The van der Waals surface area contributed by atoms with Crippen LogP contribution in [-0.4, -0.2) is 4.98 Å². The van der Waals surface area contributed by atoms with Crippen molar-refractivity contribution in [3.8, 4) is 5.75 Å². The molecule has 0 aliphatic rings. The lowest BCUT2D eigenvalue weighted by Gasteiger charge is -2.08. The van der Waals surface area contributed by atoms with Gasteiger partial charge in [-0.05, 0) is 29.8 Å². The van der Waals surface area contributed by atoms with Gasteiger partial charge in [-0.15, -0.1) is 22.9 Å². The highest BCUT2D eigenvalue weighted by Crippen LogP contribution is 2.27. The van der Waals surface area contributed by atoms with Crippen LogP contribution in [0.5, 0.6) is 5.75 Å². The molecule has 2 aromatic carbocycles. The second-order valence-electron chi connectivity index (χ2n) is 4.39. The molecule has 6 heteroatoms. The Morgan fingerprint density at radius 2 is 1.86 bits per heavy atom. The van der Waals surface area contributed by atoms with Crippen molar-refractivity contribution >= 4 is 33.2 Å². The number of fused-ring (bicyclic) bond motifs is 1. The summed E-state index contributed by atoms with van der Waals surface area (Å²) in [6, 6.07) is 9.96. The van der Waals surface area contributed by atoms with E-state index in [1.54, 1.807) is 0 Å². The quantitative estimate of drug-likeness (QED) is 0.637. The van der Waals surface area contributed by atoms with Gasteiger partial charge in [0.05, 0.1) is 10.2 Å². The fourth-order valence-electron chi connectivity index (χ4n) is 1.94. The summed E-state index contributed by atoms with van der Waals surface area (Å²) in [7, 11) is 0. The highest BCUT2D eigenvalue weighted by atomic mass is 35.5. The molecule has 0 bridgehead atoms. The predicted molar refractivity (Wildman–Crippen MR) is 79.9 cm³/mol. The Hall–Kier alpha value is -1.72. The van der Waals surface area contributed by atoms with E-state index in [2.05, 4.69) is 4.98 Å². The number of halogens is 3. The summed E-state index contributed by atoms with van der Waals surface area (Å²) in [5.74, 6) is -1.87. The number of rotatable bonds is 4. The zero-order valence-electron chi connectivity index (χ0n) is 10.8. The number of para-hydroxylation sites is 1. The molecule has 0 fully saturated rings. The van der Waals surface area contributed by atoms with E-state index in [-0.39, 0.29) is 12.5 Å². The van der Waals surface area contributed by atoms with Crippen LogP contribution in [0.4, 0.5) is 8.78 Å². The number of aromatic nitrogens is 1. The van der Waals surface area contributed by atoms with E-state index < -0.39 is 17.4 Å². The minimum absolute atomic E-state index is 0.0212. The zero-order chi connectivity index (χ0) is 14.8. The highest BCUT2D eigenvalue weighted by Gasteiger charge is 2.13. The molecule has 0 spiro atoms. The maximum absolute atomic E-state index is 13.8. The normalized spacial score (nSPS) is 11.0. The average Bonchev–Trinajstić information content (AvgIpc) is 2.88. The molecule has 108 valence electrons. The molecule has 1 aromatic heterocycles. The lowest BCUT2D eigenvalue weighted by atomic mass is 10.2. The van der Waals surface area contributed by atoms with Gasteiger partial charge in [-0.25, -0.2) is 13.8 Å². The number of alkyl halides is 1. The number of hydrogen-bond donors (Lipinski definition) is 0. The molecule has 0 amide bonds. The Labute approximate surface area is 129 Å². The molecule has 0 aliphatic carbocycles. The molecule has 0 radical (unpaired) electrons. The summed E-state index contributed by atoms with van der Waals surface area (Å²) >= 11 is 6.99. The molecule has 21 heavy (non-hydrogen) atoms. The van der Waals surface area contributed by atoms with Gasteiger partial charge < -0.3 is 4.74 Å². The second-order valence-corrected chi connectivity index (χ2v) is 5.77. The SMILES string of the molecule is Fc1cc(CCl)cc(F)c1OCc1nc2ccccc2s1. The second kappa shape index (κ2) is 5.95. The Morgan fingerprint density at radius 1 is 1.14 bits per heavy atom. The van der Waals surface area contributed by atoms with E-state index in [9.17, 15) is 8.78 Å². The third-order valence-corrected chi connectivity index (χ3v) is 4.21. The van der Waals surface area contributed by atoms with E-state index in [0.717, 1.165) is 10.2 Å². The third-order valence-electron chi connectivity index (χ3n) is 2.89. The summed E-state index contributed by atoms with van der Waals surface area (Å²) < 4.78 is 33.8. The minimum atomic E-state index is -0.758. The van der Waals surface area contributed by atoms with Crippen molar-refractivity contribution in [3.05, 3.63) is 58.6 Å². The van der Waals surface area contributed by atoms with Crippen molar-refractivity contribution in [2.75, 3.05) is 0 Å². The van der Waals surface area contributed by atoms with Crippen LogP contribution in [0.3, 0.4) is 0 Å². The van der Waals surface area contributed by atoms with Gasteiger partial charge in [0, 0.05) is 5.88 Å². The predicted octanol–water partition coefficient (Wildman–Crippen LogP) is 4.89. The first kappa shape index (κ1) is 14.2. The summed E-state index contributed by atoms with van der Waals surface area (Å²) in [6.45, 7) is 0.0212. The van der Waals surface area contributed by atoms with Crippen LogP contribution >= 0.6 is 22.9 Å². The maximum Gasteiger partial charge on any atom is 0.191 e. The molecule has 0 saturated heterocycles. The van der Waals surface area contributed by atoms with Gasteiger partial charge in [0.25, 0.3) is 0 Å². The third kappa shape index (κ3) is 2.99. The molecule has 0 unspecified atom stereocenters. The monoisotopic (exact) mass is 325 g/mol. The molecule has 3 aromatic rings. The zero-order valence-corrected chi connectivity index (χ0v) is 12.3. The summed E-state index contributed by atoms with van der Waals surface area (Å²) in [4.78, 5) is 4.35. The van der Waals surface area contributed by atoms with Crippen LogP contribution < -0.4 is 4.74 Å². The lowest BCUT2D eigenvalue weighted by molar-refractivity contribution is 0.273. The van der Waals surface area contributed by atoms with Crippen LogP contribution in [-0.2, 0) is 12.5 Å². The van der Waals surface area contributed by atoms with Gasteiger partial charge in [-0.1, -0.05) is 12.1 Å². The molecule has 1 heterocycles. The largest absolute Gasteiger partial charge is 0.480 e. The van der Waals surface area contributed by atoms with Crippen LogP contribution in [0.25, 0.3) is 10.2 Å². The molecule has 0 atom stereocenters. The van der Waals surface area contributed by atoms with Crippen molar-refractivity contribution in [1.29, 1.82) is 0 Å². The smallest absolute Gasteiger partial charge is 0.191 e. The standard InChI is InChI=1S/C15H10ClF2NOS/c16-7-9-5-10(17)15(11(18)6-9)20-8-14-19-12-3-1-2-4-13(12)21-14/h1-6H,7-8H2. The van der Waals surface area contributed by atoms with E-state index >= 15 is 0 Å². The van der Waals surface area contributed by atoms with Gasteiger partial charge in [0.2, 0.25) is 0 Å². The Balaban J connectivity index is 1.81.